The van der Waals surface area contributed by atoms with Gasteiger partial charge >= 0.3 is 0 Å². The van der Waals surface area contributed by atoms with Gasteiger partial charge in [-0.15, -0.1) is 0 Å². The summed E-state index contributed by atoms with van der Waals surface area (Å²) in [7, 11) is 2.25. The minimum atomic E-state index is 0.580. The molecule has 92 valence electrons. The van der Waals surface area contributed by atoms with Crippen LogP contribution in [0.15, 0.2) is 0 Å². The van der Waals surface area contributed by atoms with Crippen molar-refractivity contribution < 1.29 is 0 Å². The molecule has 2 unspecified atom stereocenters. The number of fused-ring (bicyclic) bond motifs is 2. The van der Waals surface area contributed by atoms with E-state index < -0.39 is 0 Å². The van der Waals surface area contributed by atoms with Crippen LogP contribution in [0.4, 0.5) is 0 Å². The second-order valence-corrected chi connectivity index (χ2v) is 6.60. The van der Waals surface area contributed by atoms with E-state index in [4.69, 9.17) is 0 Å². The van der Waals surface area contributed by atoms with E-state index in [9.17, 15) is 0 Å². The SMILES string of the molecule is CN1CCC(C)(CN2CC3CC(C2)N3)CC1. The van der Waals surface area contributed by atoms with E-state index in [1.165, 1.54) is 52.0 Å². The summed E-state index contributed by atoms with van der Waals surface area (Å²) in [5, 5.41) is 3.62. The molecule has 0 spiro atoms. The molecule has 2 atom stereocenters. The minimum absolute atomic E-state index is 0.580. The van der Waals surface area contributed by atoms with Crippen molar-refractivity contribution in [3.05, 3.63) is 0 Å². The Kier molecular flexibility index (Phi) is 2.73. The van der Waals surface area contributed by atoms with Crippen LogP contribution in [-0.4, -0.2) is 61.7 Å². The molecule has 0 aromatic heterocycles. The predicted octanol–water partition coefficient (Wildman–Crippen LogP) is 0.764. The van der Waals surface area contributed by atoms with Crippen LogP contribution in [0.2, 0.25) is 0 Å². The Morgan fingerprint density at radius 2 is 1.75 bits per heavy atom. The van der Waals surface area contributed by atoms with Crippen LogP contribution < -0.4 is 5.32 Å². The van der Waals surface area contributed by atoms with Gasteiger partial charge in [0.15, 0.2) is 0 Å². The first-order valence-electron chi connectivity index (χ1n) is 6.80. The molecule has 4 rings (SSSR count). The van der Waals surface area contributed by atoms with Crippen molar-refractivity contribution in [1.82, 2.24) is 15.1 Å². The zero-order valence-electron chi connectivity index (χ0n) is 10.7. The number of nitrogens with one attached hydrogen (secondary N) is 1. The molecule has 0 aliphatic carbocycles. The number of piperazine rings is 1. The zero-order valence-corrected chi connectivity index (χ0v) is 10.7. The molecule has 0 saturated carbocycles. The van der Waals surface area contributed by atoms with Crippen molar-refractivity contribution in [3.8, 4) is 0 Å². The molecule has 16 heavy (non-hydrogen) atoms. The first-order valence-corrected chi connectivity index (χ1v) is 6.80. The second kappa shape index (κ2) is 3.97. The number of rotatable bonds is 2. The van der Waals surface area contributed by atoms with Crippen molar-refractivity contribution in [2.45, 2.75) is 38.3 Å². The Labute approximate surface area is 99.2 Å². The van der Waals surface area contributed by atoms with Gasteiger partial charge in [-0.25, -0.2) is 0 Å². The lowest BCUT2D eigenvalue weighted by atomic mass is 9.79. The zero-order chi connectivity index (χ0) is 11.2. The second-order valence-electron chi connectivity index (χ2n) is 6.60. The van der Waals surface area contributed by atoms with Crippen LogP contribution in [0.1, 0.15) is 26.2 Å². The maximum atomic E-state index is 3.62. The summed E-state index contributed by atoms with van der Waals surface area (Å²) >= 11 is 0. The quantitative estimate of drug-likeness (QED) is 0.746. The Balaban J connectivity index is 1.53. The molecule has 3 nitrogen and oxygen atoms in total. The van der Waals surface area contributed by atoms with Gasteiger partial charge in [0.2, 0.25) is 0 Å². The third kappa shape index (κ3) is 2.13. The first kappa shape index (κ1) is 11.0. The molecule has 4 saturated heterocycles. The predicted molar refractivity (Wildman–Crippen MR) is 66.6 cm³/mol. The summed E-state index contributed by atoms with van der Waals surface area (Å²) in [5.74, 6) is 0. The molecule has 0 aromatic carbocycles. The van der Waals surface area contributed by atoms with Crippen molar-refractivity contribution in [1.29, 1.82) is 0 Å². The van der Waals surface area contributed by atoms with E-state index in [1.807, 2.05) is 0 Å². The first-order chi connectivity index (χ1) is 7.63. The van der Waals surface area contributed by atoms with Crippen molar-refractivity contribution in [3.63, 3.8) is 0 Å². The monoisotopic (exact) mass is 223 g/mol. The topological polar surface area (TPSA) is 18.5 Å². The van der Waals surface area contributed by atoms with Gasteiger partial charge in [0.1, 0.15) is 0 Å². The van der Waals surface area contributed by atoms with E-state index >= 15 is 0 Å². The van der Waals surface area contributed by atoms with Gasteiger partial charge in [0.25, 0.3) is 0 Å². The van der Waals surface area contributed by atoms with E-state index in [1.54, 1.807) is 0 Å². The highest BCUT2D eigenvalue weighted by atomic mass is 15.3. The number of piperidine rings is 2. The summed E-state index contributed by atoms with van der Waals surface area (Å²) in [6.07, 6.45) is 4.18. The molecule has 0 amide bonds. The molecule has 4 aliphatic heterocycles. The third-order valence-corrected chi connectivity index (χ3v) is 4.80. The lowest BCUT2D eigenvalue weighted by Gasteiger charge is -2.51. The Hall–Kier alpha value is -0.120. The molecule has 2 bridgehead atoms. The van der Waals surface area contributed by atoms with Gasteiger partial charge in [0.05, 0.1) is 0 Å². The Morgan fingerprint density at radius 1 is 1.19 bits per heavy atom. The van der Waals surface area contributed by atoms with Crippen LogP contribution >= 0.6 is 0 Å². The summed E-state index contributed by atoms with van der Waals surface area (Å²) in [6.45, 7) is 8.98. The van der Waals surface area contributed by atoms with Crippen LogP contribution in [0.5, 0.6) is 0 Å². The third-order valence-electron chi connectivity index (χ3n) is 4.80. The van der Waals surface area contributed by atoms with Crippen LogP contribution in [0, 0.1) is 5.41 Å². The smallest absolute Gasteiger partial charge is 0.0213 e. The molecular weight excluding hydrogens is 198 g/mol. The summed E-state index contributed by atoms with van der Waals surface area (Å²) in [5.41, 5.74) is 0.580. The number of likely N-dealkylation sites (tertiary alicyclic amines) is 1. The average Bonchev–Trinajstić information content (AvgIpc) is 2.22. The molecule has 4 heterocycles. The van der Waals surface area contributed by atoms with Gasteiger partial charge in [0, 0.05) is 31.7 Å². The van der Waals surface area contributed by atoms with E-state index in [2.05, 4.69) is 29.1 Å². The van der Waals surface area contributed by atoms with E-state index in [0.717, 1.165) is 12.1 Å². The van der Waals surface area contributed by atoms with Crippen molar-refractivity contribution in [2.75, 3.05) is 39.8 Å². The Bertz CT molecular complexity index is 242. The highest BCUT2D eigenvalue weighted by molar-refractivity contribution is 4.99. The lowest BCUT2D eigenvalue weighted by molar-refractivity contribution is 0.0245. The molecule has 0 radical (unpaired) electrons. The number of nitrogens with zero attached hydrogens (tertiary/aromatic N) is 2. The maximum Gasteiger partial charge on any atom is 0.0213 e. The summed E-state index contributed by atoms with van der Waals surface area (Å²) < 4.78 is 0. The van der Waals surface area contributed by atoms with Gasteiger partial charge in [-0.2, -0.15) is 0 Å². The van der Waals surface area contributed by atoms with Gasteiger partial charge in [-0.05, 0) is 44.8 Å². The standard InChI is InChI=1S/C13H25N3/c1-13(3-5-15(2)6-4-13)10-16-8-11-7-12(9-16)14-11/h11-12,14H,3-10H2,1-2H3. The highest BCUT2D eigenvalue weighted by Gasteiger charge is 2.39. The van der Waals surface area contributed by atoms with Crippen LogP contribution in [-0.2, 0) is 0 Å². The molecule has 1 N–H and O–H groups in total. The molecular formula is C13H25N3. The van der Waals surface area contributed by atoms with Gasteiger partial charge in [-0.3, -0.25) is 4.90 Å². The number of hydrogen-bond donors (Lipinski definition) is 1. The number of hydrogen-bond acceptors (Lipinski definition) is 3. The van der Waals surface area contributed by atoms with Crippen molar-refractivity contribution in [2.24, 2.45) is 5.41 Å². The highest BCUT2D eigenvalue weighted by Crippen LogP contribution is 2.33. The fourth-order valence-electron chi connectivity index (χ4n) is 3.59. The van der Waals surface area contributed by atoms with Crippen molar-refractivity contribution >= 4 is 0 Å². The van der Waals surface area contributed by atoms with E-state index in [-0.39, 0.29) is 0 Å². The lowest BCUT2D eigenvalue weighted by Crippen LogP contribution is -2.67. The average molecular weight is 223 g/mol. The molecule has 4 aliphatic rings. The fraction of sp³-hybridized carbons (Fsp3) is 1.00. The molecule has 3 heteroatoms. The van der Waals surface area contributed by atoms with E-state index in [0.29, 0.717) is 5.41 Å². The minimum Gasteiger partial charge on any atom is -0.309 e. The summed E-state index contributed by atoms with van der Waals surface area (Å²) in [6, 6.07) is 1.63. The van der Waals surface area contributed by atoms with Crippen LogP contribution in [0.25, 0.3) is 0 Å². The van der Waals surface area contributed by atoms with Gasteiger partial charge in [-0.1, -0.05) is 6.92 Å². The molecule has 0 aromatic rings. The van der Waals surface area contributed by atoms with Gasteiger partial charge < -0.3 is 10.2 Å². The largest absolute Gasteiger partial charge is 0.309 e. The molecule has 4 fully saturated rings. The normalized spacial score (nSPS) is 39.4. The Morgan fingerprint density at radius 3 is 2.31 bits per heavy atom. The maximum absolute atomic E-state index is 3.62. The van der Waals surface area contributed by atoms with Crippen LogP contribution in [0.3, 0.4) is 0 Å². The fourth-order valence-corrected chi connectivity index (χ4v) is 3.59. The summed E-state index contributed by atoms with van der Waals surface area (Å²) in [4.78, 5) is 5.18.